The van der Waals surface area contributed by atoms with Gasteiger partial charge in [0.15, 0.2) is 0 Å². The fraction of sp³-hybridized carbons (Fsp3) is 0.583. The second kappa shape index (κ2) is 5.12. The fourth-order valence-electron chi connectivity index (χ4n) is 1.43. The Hall–Kier alpha value is -1.65. The van der Waals surface area contributed by atoms with E-state index < -0.39 is 0 Å². The van der Waals surface area contributed by atoms with Crippen molar-refractivity contribution < 1.29 is 4.79 Å². The predicted molar refractivity (Wildman–Crippen MR) is 67.9 cm³/mol. The van der Waals surface area contributed by atoms with Gasteiger partial charge in [0.1, 0.15) is 0 Å². The Balaban J connectivity index is 2.53. The number of carbonyl (C=O) groups is 1. The van der Waals surface area contributed by atoms with Gasteiger partial charge in [-0.25, -0.2) is 9.97 Å². The maximum absolute atomic E-state index is 11.6. The average molecular weight is 236 g/mol. The average Bonchev–Trinajstić information content (AvgIpc) is 2.10. The Morgan fingerprint density at radius 1 is 1.24 bits per heavy atom. The van der Waals surface area contributed by atoms with Crippen LogP contribution in [0.4, 0.5) is 5.95 Å². The van der Waals surface area contributed by atoms with Crippen molar-refractivity contribution in [3.8, 4) is 0 Å². The molecule has 1 amide bonds. The van der Waals surface area contributed by atoms with Gasteiger partial charge in [0.2, 0.25) is 11.9 Å². The second-order valence-electron chi connectivity index (χ2n) is 5.13. The molecule has 0 bridgehead atoms. The van der Waals surface area contributed by atoms with Gasteiger partial charge in [-0.1, -0.05) is 0 Å². The van der Waals surface area contributed by atoms with Crippen molar-refractivity contribution >= 4 is 11.9 Å². The van der Waals surface area contributed by atoms with Crippen molar-refractivity contribution in [1.29, 1.82) is 0 Å². The van der Waals surface area contributed by atoms with E-state index >= 15 is 0 Å². The highest BCUT2D eigenvalue weighted by Gasteiger charge is 2.13. The number of aromatic nitrogens is 2. The highest BCUT2D eigenvalue weighted by atomic mass is 16.2. The molecule has 1 aromatic rings. The summed E-state index contributed by atoms with van der Waals surface area (Å²) in [6, 6.07) is 1.89. The molecule has 1 aromatic heterocycles. The van der Waals surface area contributed by atoms with Gasteiger partial charge in [0.25, 0.3) is 0 Å². The Morgan fingerprint density at radius 3 is 2.24 bits per heavy atom. The molecule has 0 atom stereocenters. The molecule has 0 saturated carbocycles. The van der Waals surface area contributed by atoms with Gasteiger partial charge in [-0.05, 0) is 40.7 Å². The quantitative estimate of drug-likeness (QED) is 0.833. The second-order valence-corrected chi connectivity index (χ2v) is 5.13. The van der Waals surface area contributed by atoms with Crippen molar-refractivity contribution in [3.05, 3.63) is 17.5 Å². The minimum Gasteiger partial charge on any atom is -0.350 e. The summed E-state index contributed by atoms with van der Waals surface area (Å²) < 4.78 is 0. The fourth-order valence-corrected chi connectivity index (χ4v) is 1.43. The monoisotopic (exact) mass is 236 g/mol. The largest absolute Gasteiger partial charge is 0.350 e. The predicted octanol–water partition coefficient (Wildman–Crippen LogP) is 1.42. The number of amides is 1. The number of carbonyl (C=O) groups excluding carboxylic acids is 1. The zero-order valence-corrected chi connectivity index (χ0v) is 11.1. The van der Waals surface area contributed by atoms with E-state index in [-0.39, 0.29) is 18.0 Å². The Kier molecular flexibility index (Phi) is 4.04. The minimum absolute atomic E-state index is 0.0692. The molecule has 0 unspecified atom stereocenters. The summed E-state index contributed by atoms with van der Waals surface area (Å²) >= 11 is 0. The summed E-state index contributed by atoms with van der Waals surface area (Å²) in [6.07, 6.45) is 0. The zero-order chi connectivity index (χ0) is 13.1. The Morgan fingerprint density at radius 2 is 1.76 bits per heavy atom. The molecular weight excluding hydrogens is 216 g/mol. The van der Waals surface area contributed by atoms with E-state index in [4.69, 9.17) is 0 Å². The standard InChI is InChI=1S/C12H20N4O/c1-8-6-9(2)15-11(14-8)13-7-10(17)16-12(3,4)5/h6H,7H2,1-5H3,(H,16,17)(H,13,14,15). The Bertz CT molecular complexity index is 389. The van der Waals surface area contributed by atoms with Crippen LogP contribution in [-0.2, 0) is 4.79 Å². The first kappa shape index (κ1) is 13.4. The van der Waals surface area contributed by atoms with Gasteiger partial charge in [0.05, 0.1) is 6.54 Å². The lowest BCUT2D eigenvalue weighted by Crippen LogP contribution is -2.43. The van der Waals surface area contributed by atoms with Crippen LogP contribution in [0.1, 0.15) is 32.2 Å². The highest BCUT2D eigenvalue weighted by molar-refractivity contribution is 5.80. The number of nitrogens with one attached hydrogen (secondary N) is 2. The molecule has 5 nitrogen and oxygen atoms in total. The number of aryl methyl sites for hydroxylation is 2. The highest BCUT2D eigenvalue weighted by Crippen LogP contribution is 2.03. The lowest BCUT2D eigenvalue weighted by molar-refractivity contribution is -0.120. The summed E-state index contributed by atoms with van der Waals surface area (Å²) in [5, 5.41) is 5.78. The van der Waals surface area contributed by atoms with Crippen LogP contribution in [0.25, 0.3) is 0 Å². The first-order valence-corrected chi connectivity index (χ1v) is 5.63. The van der Waals surface area contributed by atoms with Crippen molar-refractivity contribution in [2.75, 3.05) is 11.9 Å². The normalized spacial score (nSPS) is 11.1. The molecule has 0 aromatic carbocycles. The third-order valence-electron chi connectivity index (χ3n) is 1.90. The topological polar surface area (TPSA) is 66.9 Å². The molecule has 94 valence electrons. The molecule has 17 heavy (non-hydrogen) atoms. The third kappa shape index (κ3) is 5.29. The van der Waals surface area contributed by atoms with Crippen LogP contribution in [0.3, 0.4) is 0 Å². The number of rotatable bonds is 3. The lowest BCUT2D eigenvalue weighted by Gasteiger charge is -2.20. The van der Waals surface area contributed by atoms with Gasteiger partial charge in [-0.2, -0.15) is 0 Å². The van der Waals surface area contributed by atoms with Crippen LogP contribution in [0.15, 0.2) is 6.07 Å². The van der Waals surface area contributed by atoms with Crippen LogP contribution in [0, 0.1) is 13.8 Å². The number of nitrogens with zero attached hydrogens (tertiary/aromatic N) is 2. The summed E-state index contributed by atoms with van der Waals surface area (Å²) in [7, 11) is 0. The van der Waals surface area contributed by atoms with E-state index in [0.29, 0.717) is 5.95 Å². The number of anilines is 1. The molecule has 0 aliphatic heterocycles. The van der Waals surface area contributed by atoms with Crippen LogP contribution in [0.5, 0.6) is 0 Å². The molecule has 2 N–H and O–H groups in total. The van der Waals surface area contributed by atoms with Crippen molar-refractivity contribution in [3.63, 3.8) is 0 Å². The van der Waals surface area contributed by atoms with Crippen molar-refractivity contribution in [1.82, 2.24) is 15.3 Å². The lowest BCUT2D eigenvalue weighted by atomic mass is 10.1. The van der Waals surface area contributed by atoms with E-state index in [1.54, 1.807) is 0 Å². The summed E-state index contributed by atoms with van der Waals surface area (Å²) in [5.41, 5.74) is 1.55. The van der Waals surface area contributed by atoms with Gasteiger partial charge in [0, 0.05) is 16.9 Å². The third-order valence-corrected chi connectivity index (χ3v) is 1.90. The molecule has 1 heterocycles. The molecular formula is C12H20N4O. The maximum atomic E-state index is 11.6. The number of hydrogen-bond donors (Lipinski definition) is 2. The molecule has 0 radical (unpaired) electrons. The first-order valence-electron chi connectivity index (χ1n) is 5.63. The van der Waals surface area contributed by atoms with E-state index in [1.807, 2.05) is 40.7 Å². The summed E-state index contributed by atoms with van der Waals surface area (Å²) in [6.45, 7) is 9.80. The zero-order valence-electron chi connectivity index (χ0n) is 11.1. The van der Waals surface area contributed by atoms with E-state index in [9.17, 15) is 4.79 Å². The minimum atomic E-state index is -0.220. The molecule has 0 aliphatic rings. The van der Waals surface area contributed by atoms with E-state index in [0.717, 1.165) is 11.4 Å². The summed E-state index contributed by atoms with van der Waals surface area (Å²) in [5.74, 6) is 0.423. The van der Waals surface area contributed by atoms with E-state index in [1.165, 1.54) is 0 Å². The van der Waals surface area contributed by atoms with E-state index in [2.05, 4.69) is 20.6 Å². The van der Waals surface area contributed by atoms with Crippen LogP contribution < -0.4 is 10.6 Å². The van der Waals surface area contributed by atoms with Crippen LogP contribution in [0.2, 0.25) is 0 Å². The first-order chi connectivity index (χ1) is 7.76. The summed E-state index contributed by atoms with van der Waals surface area (Å²) in [4.78, 5) is 20.0. The Labute approximate surface area is 102 Å². The van der Waals surface area contributed by atoms with Gasteiger partial charge in [-0.3, -0.25) is 4.79 Å². The molecule has 5 heteroatoms. The maximum Gasteiger partial charge on any atom is 0.239 e. The van der Waals surface area contributed by atoms with Gasteiger partial charge >= 0.3 is 0 Å². The SMILES string of the molecule is Cc1cc(C)nc(NCC(=O)NC(C)(C)C)n1. The van der Waals surface area contributed by atoms with Crippen molar-refractivity contribution in [2.45, 2.75) is 40.2 Å². The molecule has 0 fully saturated rings. The van der Waals surface area contributed by atoms with Crippen molar-refractivity contribution in [2.24, 2.45) is 0 Å². The molecule has 0 saturated heterocycles. The smallest absolute Gasteiger partial charge is 0.239 e. The molecule has 0 aliphatic carbocycles. The number of hydrogen-bond acceptors (Lipinski definition) is 4. The van der Waals surface area contributed by atoms with Gasteiger partial charge in [-0.15, -0.1) is 0 Å². The molecule has 0 spiro atoms. The van der Waals surface area contributed by atoms with Crippen LogP contribution in [-0.4, -0.2) is 28.0 Å². The van der Waals surface area contributed by atoms with Crippen LogP contribution >= 0.6 is 0 Å². The van der Waals surface area contributed by atoms with Gasteiger partial charge < -0.3 is 10.6 Å². The molecule has 1 rings (SSSR count).